The molecule has 0 aliphatic carbocycles. The molecule has 4 N–H and O–H groups in total. The van der Waals surface area contributed by atoms with Crippen LogP contribution < -0.4 is 21.3 Å². The first-order valence-electron chi connectivity index (χ1n) is 29.1. The minimum atomic E-state index is -2.56. The maximum absolute atomic E-state index is 13.7. The van der Waals surface area contributed by atoms with Gasteiger partial charge in [0, 0.05) is 103 Å². The largest absolute Gasteiger partial charge is 0.321 e. The number of aromatic nitrogens is 2. The molecule has 0 fully saturated rings. The Bertz CT molecular complexity index is 5500. The minimum Gasteiger partial charge on any atom is -0.321 e. The number of hydrogen-bond acceptors (Lipinski definition) is 14. The smallest absolute Gasteiger partial charge is 0.266 e. The van der Waals surface area contributed by atoms with Crippen LogP contribution in [-0.4, -0.2) is 73.9 Å². The number of nitrogens with zero attached hydrogens (tertiary/aromatic N) is 6. The lowest BCUT2D eigenvalue weighted by Gasteiger charge is -2.08. The fourth-order valence-corrected chi connectivity index (χ4v) is 15.3. The fraction of sp³-hybridized carbons (Fsp3) is 0.0263. The quantitative estimate of drug-likeness (QED) is 0.0502. The molecule has 4 aliphatic heterocycles. The first-order chi connectivity index (χ1) is 47.6. The van der Waals surface area contributed by atoms with E-state index in [1.54, 1.807) is 174 Å². The Morgan fingerprint density at radius 3 is 1.15 bits per heavy atom. The number of amides is 4. The number of nitriles is 4. The number of nitrogens with one attached hydrogen (secondary N) is 4. The number of carbonyl (C=O) groups is 4. The van der Waals surface area contributed by atoms with E-state index in [1.807, 2.05) is 31.2 Å². The van der Waals surface area contributed by atoms with Gasteiger partial charge in [-0.3, -0.25) is 46.0 Å². The molecule has 25 heteroatoms. The molecular weight excluding hydrogens is 1380 g/mol. The normalized spacial score (nSPS) is 18.3. The number of fused-ring (bicyclic) bond motifs is 4. The summed E-state index contributed by atoms with van der Waals surface area (Å²) in [4.78, 5) is 59.8. The maximum Gasteiger partial charge on any atom is 0.266 e. The van der Waals surface area contributed by atoms with Crippen molar-refractivity contribution in [3.05, 3.63) is 269 Å². The fourth-order valence-electron chi connectivity index (χ4n) is 9.57. The lowest BCUT2D eigenvalue weighted by atomic mass is 10.1. The maximum atomic E-state index is 13.7. The topological polar surface area (TPSA) is 306 Å². The van der Waals surface area contributed by atoms with E-state index in [9.17, 15) is 60.6 Å². The Morgan fingerprint density at radius 1 is 0.446 bits per heavy atom. The highest BCUT2D eigenvalue weighted by atomic mass is 35.5. The van der Waals surface area contributed by atoms with Gasteiger partial charge in [-0.2, -0.15) is 21.0 Å². The molecule has 4 aliphatic rings. The van der Waals surface area contributed by atoms with Crippen LogP contribution in [0, 0.1) is 63.9 Å². The van der Waals surface area contributed by atoms with E-state index in [1.165, 1.54) is 35.8 Å². The van der Waals surface area contributed by atoms with Gasteiger partial charge in [0.2, 0.25) is 0 Å². The molecule has 0 spiro atoms. The highest BCUT2D eigenvalue weighted by molar-refractivity contribution is 8.04. The molecule has 0 radical (unpaired) electrons. The van der Waals surface area contributed by atoms with Crippen molar-refractivity contribution in [2.75, 3.05) is 21.3 Å². The van der Waals surface area contributed by atoms with Crippen LogP contribution in [0.5, 0.6) is 0 Å². The molecule has 101 heavy (non-hydrogen) atoms. The molecule has 2 aromatic heterocycles. The minimum absolute atomic E-state index is 0. The number of hydrogen-bond donors (Lipinski definition) is 4. The zero-order chi connectivity index (χ0) is 72.1. The van der Waals surface area contributed by atoms with Gasteiger partial charge in [0.25, 0.3) is 23.6 Å². The summed E-state index contributed by atoms with van der Waals surface area (Å²) < 4.78 is 76.6. The molecular formula is C76H57ClF2N10O8S4. The average molecular weight is 1440 g/mol. The molecule has 18 nitrogen and oxygen atoms in total. The third kappa shape index (κ3) is 18.6. The first-order valence-corrected chi connectivity index (χ1v) is 36.7. The van der Waals surface area contributed by atoms with Crippen molar-refractivity contribution >= 4 is 168 Å². The van der Waals surface area contributed by atoms with Gasteiger partial charge >= 0.3 is 0 Å². The summed E-state index contributed by atoms with van der Waals surface area (Å²) in [5.41, 5.74) is 6.21. The molecule has 0 saturated carbocycles. The van der Waals surface area contributed by atoms with Crippen LogP contribution in [-0.2, 0) is 57.3 Å². The van der Waals surface area contributed by atoms with E-state index in [-0.39, 0.29) is 24.1 Å². The van der Waals surface area contributed by atoms with Crippen molar-refractivity contribution in [2.24, 2.45) is 0 Å². The van der Waals surface area contributed by atoms with Gasteiger partial charge in [-0.25, -0.2) is 8.78 Å². The lowest BCUT2D eigenvalue weighted by Crippen LogP contribution is -2.14. The Kier molecular flexibility index (Phi) is 23.5. The molecule has 12 rings (SSSR count). The van der Waals surface area contributed by atoms with Crippen LogP contribution >= 0.6 is 11.6 Å². The summed E-state index contributed by atoms with van der Waals surface area (Å²) in [5, 5.41) is 54.0. The first kappa shape index (κ1) is 74.4. The van der Waals surface area contributed by atoms with Gasteiger partial charge in [-0.05, 0) is 226 Å². The summed E-state index contributed by atoms with van der Waals surface area (Å²) in [6.45, 7) is 1.83. The van der Waals surface area contributed by atoms with Crippen molar-refractivity contribution in [1.29, 1.82) is 21.0 Å². The Balaban J connectivity index is 0.000000171. The number of aryl methyl sites for hydroxylation is 1. The predicted octanol–water partition coefficient (Wildman–Crippen LogP) is 13.8. The Morgan fingerprint density at radius 2 is 0.792 bits per heavy atom. The lowest BCUT2D eigenvalue weighted by molar-refractivity contribution is -0.113. The Hall–Kier alpha value is -12.4. The summed E-state index contributed by atoms with van der Waals surface area (Å²) >= 11 is 5.91. The van der Waals surface area contributed by atoms with Crippen LogP contribution in [0.2, 0.25) is 5.02 Å². The number of benzene rings is 6. The predicted molar refractivity (Wildman–Crippen MR) is 403 cm³/mol. The molecule has 4 amide bonds. The van der Waals surface area contributed by atoms with E-state index in [2.05, 4.69) is 54.7 Å². The molecule has 504 valence electrons. The van der Waals surface area contributed by atoms with E-state index in [0.717, 1.165) is 46.2 Å². The molecule has 6 heterocycles. The van der Waals surface area contributed by atoms with Gasteiger partial charge in [0.15, 0.2) is 0 Å². The second-order valence-corrected chi connectivity index (χ2v) is 30.9. The zero-order valence-electron chi connectivity index (χ0n) is 52.5. The molecule has 4 unspecified atom stereocenters. The van der Waals surface area contributed by atoms with Crippen LogP contribution in [0.1, 0.15) is 57.9 Å². The van der Waals surface area contributed by atoms with Crippen LogP contribution in [0.4, 0.5) is 31.5 Å². The number of pyridine rings is 2. The second-order valence-electron chi connectivity index (χ2n) is 21.8. The summed E-state index contributed by atoms with van der Waals surface area (Å²) in [5.74, 6) is 10.5. The van der Waals surface area contributed by atoms with Gasteiger partial charge in [0.1, 0.15) is 58.2 Å². The standard InChI is InChI=1S/C19H13ClN2O2S.C19H12F2N2O2S.C19H15N3O2S.C18H13N3O2S.CH4/c1-25(24)8-7-14-5-6-17(11-18(14)25)22-19(23)15(12-21)9-13-3-2-4-16(20)10-13;1-26(25)8-7-12-5-6-14(10-18(12)26)23-19(24)13(11-22)9-15-16(20)3-2-4-17(15)21;1-13-4-3-5-16(21-13)10-15(12-20)19(23)22-17-7-6-14-8-9-25(2,24)18(14)11-17;1-24(23)9-7-13-5-6-16(11-17(13)24)21-18(22)14(12-19)10-15-4-2-3-8-20-15;/h2-11H,1H2,(H,22,23);2-10H,1H2,(H,23,24);3-11H,2H2,1H3,(H,22,23);2-11H,1H2,(H,21,22);1H4/b15-9+;13-9+;15-10+;14-10+;. The van der Waals surface area contributed by atoms with Crippen molar-refractivity contribution in [3.63, 3.8) is 0 Å². The summed E-state index contributed by atoms with van der Waals surface area (Å²) in [6.07, 6.45) is 13.7. The monoisotopic (exact) mass is 1440 g/mol. The van der Waals surface area contributed by atoms with Gasteiger partial charge in [-0.15, -0.1) is 0 Å². The second kappa shape index (κ2) is 31.9. The third-order valence-corrected chi connectivity index (χ3v) is 21.5. The van der Waals surface area contributed by atoms with E-state index >= 15 is 0 Å². The van der Waals surface area contributed by atoms with Crippen LogP contribution in [0.15, 0.2) is 221 Å². The van der Waals surface area contributed by atoms with Crippen molar-refractivity contribution in [2.45, 2.75) is 33.9 Å². The summed E-state index contributed by atoms with van der Waals surface area (Å²) in [6, 6.07) is 47.9. The van der Waals surface area contributed by atoms with Gasteiger partial charge in [-0.1, -0.05) is 73.6 Å². The van der Waals surface area contributed by atoms with Crippen LogP contribution in [0.25, 0.3) is 48.6 Å². The van der Waals surface area contributed by atoms with Crippen molar-refractivity contribution in [3.8, 4) is 24.3 Å². The van der Waals surface area contributed by atoms with Gasteiger partial charge in [0.05, 0.1) is 11.4 Å². The van der Waals surface area contributed by atoms with Crippen LogP contribution in [0.3, 0.4) is 0 Å². The van der Waals surface area contributed by atoms with E-state index in [0.29, 0.717) is 64.3 Å². The highest BCUT2D eigenvalue weighted by Crippen LogP contribution is 2.34. The van der Waals surface area contributed by atoms with Gasteiger partial charge < -0.3 is 21.3 Å². The number of carbonyl (C=O) groups excluding carboxylic acids is 4. The van der Waals surface area contributed by atoms with Crippen molar-refractivity contribution < 1.29 is 44.8 Å². The van der Waals surface area contributed by atoms with E-state index < -0.39 is 84.5 Å². The average Bonchev–Trinajstić information content (AvgIpc) is 1.68. The zero-order valence-corrected chi connectivity index (χ0v) is 56.5. The molecule has 0 saturated heterocycles. The van der Waals surface area contributed by atoms with Crippen molar-refractivity contribution in [1.82, 2.24) is 9.97 Å². The summed E-state index contributed by atoms with van der Waals surface area (Å²) in [7, 11) is -9.95. The third-order valence-electron chi connectivity index (χ3n) is 14.5. The Labute approximate surface area is 588 Å². The number of anilines is 4. The highest BCUT2D eigenvalue weighted by Gasteiger charge is 2.23. The number of rotatable bonds is 12. The molecule has 6 aromatic carbocycles. The SMILES string of the molecule is C.C=S1(=O)C=Cc2ccc(NC(=O)/C(C#N)=C/c3c(F)cccc3F)cc21.C=S1(=O)C=Cc2ccc(NC(=O)/C(C#N)=C/c3cccc(C)n3)cc21.C=S1(=O)C=Cc2ccc(NC(=O)/C(C#N)=C/c3cccc(Cl)c3)cc21.C=S1(=O)C=Cc2ccc(NC(=O)/C(C#N)=C/c3ccccn3)cc21. The van der Waals surface area contributed by atoms with E-state index in [4.69, 9.17) is 16.9 Å². The molecule has 4 atom stereocenters. The molecule has 8 aromatic rings. The number of halogens is 3. The molecule has 0 bridgehead atoms.